The number of aromatic nitrogens is 1. The van der Waals surface area contributed by atoms with E-state index >= 15 is 0 Å². The van der Waals surface area contributed by atoms with Crippen LogP contribution in [0.3, 0.4) is 0 Å². The van der Waals surface area contributed by atoms with Crippen LogP contribution in [0, 0.1) is 17.8 Å². The molecule has 29 heavy (non-hydrogen) atoms. The summed E-state index contributed by atoms with van der Waals surface area (Å²) in [5, 5.41) is 3.33. The van der Waals surface area contributed by atoms with Crippen LogP contribution in [0.4, 0.5) is 5.82 Å². The zero-order valence-electron chi connectivity index (χ0n) is 16.5. The molecule has 8 heteroatoms. The molecule has 3 amide bonds. The normalized spacial score (nSPS) is 24.9. The number of anilines is 1. The Balaban J connectivity index is 1.33. The SMILES string of the molecule is O=C(Nc1ccc(Cl)cn1)C1CCCN(C(=O)C2CCCN(C(=O)C3CC3)C2)C1. The number of hydrogen-bond donors (Lipinski definition) is 1. The number of nitrogens with one attached hydrogen (secondary N) is 1. The number of halogens is 1. The van der Waals surface area contributed by atoms with Crippen molar-refractivity contribution < 1.29 is 14.4 Å². The molecule has 2 unspecified atom stereocenters. The molecule has 0 spiro atoms. The predicted octanol–water partition coefficient (Wildman–Crippen LogP) is 2.56. The first-order chi connectivity index (χ1) is 14.0. The zero-order chi connectivity index (χ0) is 20.4. The molecule has 0 aromatic carbocycles. The highest BCUT2D eigenvalue weighted by atomic mass is 35.5. The molecule has 7 nitrogen and oxygen atoms in total. The summed E-state index contributed by atoms with van der Waals surface area (Å²) in [5.74, 6) is 0.433. The number of rotatable bonds is 4. The fraction of sp³-hybridized carbons (Fsp3) is 0.619. The van der Waals surface area contributed by atoms with E-state index in [1.165, 1.54) is 6.20 Å². The molecular weight excluding hydrogens is 392 g/mol. The molecule has 3 aliphatic rings. The van der Waals surface area contributed by atoms with Crippen LogP contribution in [0.1, 0.15) is 38.5 Å². The maximum atomic E-state index is 13.1. The van der Waals surface area contributed by atoms with Crippen LogP contribution >= 0.6 is 11.6 Å². The van der Waals surface area contributed by atoms with Gasteiger partial charge in [0, 0.05) is 38.3 Å². The van der Waals surface area contributed by atoms with Crippen molar-refractivity contribution in [2.24, 2.45) is 17.8 Å². The maximum Gasteiger partial charge on any atom is 0.230 e. The number of carbonyl (C=O) groups is 3. The lowest BCUT2D eigenvalue weighted by Gasteiger charge is -2.38. The molecule has 2 saturated heterocycles. The van der Waals surface area contributed by atoms with Gasteiger partial charge in [0.05, 0.1) is 16.9 Å². The topological polar surface area (TPSA) is 82.6 Å². The Hall–Kier alpha value is -2.15. The first-order valence-corrected chi connectivity index (χ1v) is 10.9. The van der Waals surface area contributed by atoms with Crippen molar-refractivity contribution in [2.75, 3.05) is 31.5 Å². The van der Waals surface area contributed by atoms with Gasteiger partial charge in [0.15, 0.2) is 0 Å². The van der Waals surface area contributed by atoms with Gasteiger partial charge in [0.25, 0.3) is 0 Å². The highest BCUT2D eigenvalue weighted by molar-refractivity contribution is 6.30. The fourth-order valence-corrected chi connectivity index (χ4v) is 4.41. The van der Waals surface area contributed by atoms with Crippen molar-refractivity contribution in [1.82, 2.24) is 14.8 Å². The standard InChI is InChI=1S/C21H27ClN4O3/c22-17-7-8-18(23-11-17)24-19(27)15-3-1-9-25(12-15)21(29)16-4-2-10-26(13-16)20(28)14-5-6-14/h7-8,11,14-16H,1-6,9-10,12-13H2,(H,23,24,27). The summed E-state index contributed by atoms with van der Waals surface area (Å²) in [7, 11) is 0. The van der Waals surface area contributed by atoms with Gasteiger partial charge in [-0.05, 0) is 50.7 Å². The number of hydrogen-bond acceptors (Lipinski definition) is 4. The van der Waals surface area contributed by atoms with Gasteiger partial charge in [-0.15, -0.1) is 0 Å². The Morgan fingerprint density at radius 3 is 2.14 bits per heavy atom. The third-order valence-corrected chi connectivity index (χ3v) is 6.31. The highest BCUT2D eigenvalue weighted by Gasteiger charge is 2.38. The summed E-state index contributed by atoms with van der Waals surface area (Å²) in [6.45, 7) is 2.38. The minimum absolute atomic E-state index is 0.0837. The van der Waals surface area contributed by atoms with Crippen LogP contribution < -0.4 is 5.32 Å². The molecule has 2 aliphatic heterocycles. The minimum Gasteiger partial charge on any atom is -0.342 e. The quantitative estimate of drug-likeness (QED) is 0.814. The average Bonchev–Trinajstić information content (AvgIpc) is 3.60. The van der Waals surface area contributed by atoms with E-state index in [2.05, 4.69) is 10.3 Å². The smallest absolute Gasteiger partial charge is 0.230 e. The number of likely N-dealkylation sites (tertiary alicyclic amines) is 2. The van der Waals surface area contributed by atoms with Crippen molar-refractivity contribution in [1.29, 1.82) is 0 Å². The molecule has 1 aromatic rings. The third kappa shape index (κ3) is 4.89. The van der Waals surface area contributed by atoms with Crippen LogP contribution in [0.2, 0.25) is 5.02 Å². The van der Waals surface area contributed by atoms with E-state index < -0.39 is 0 Å². The third-order valence-electron chi connectivity index (χ3n) is 6.09. The van der Waals surface area contributed by atoms with E-state index in [1.54, 1.807) is 12.1 Å². The Kier molecular flexibility index (Phi) is 6.04. The monoisotopic (exact) mass is 418 g/mol. The van der Waals surface area contributed by atoms with Gasteiger partial charge in [-0.25, -0.2) is 4.98 Å². The number of pyridine rings is 1. The highest BCUT2D eigenvalue weighted by Crippen LogP contribution is 2.33. The molecule has 3 heterocycles. The van der Waals surface area contributed by atoms with Crippen molar-refractivity contribution in [2.45, 2.75) is 38.5 Å². The van der Waals surface area contributed by atoms with E-state index in [4.69, 9.17) is 11.6 Å². The molecule has 156 valence electrons. The van der Waals surface area contributed by atoms with Crippen LogP contribution in [0.5, 0.6) is 0 Å². The first kappa shape index (κ1) is 20.1. The van der Waals surface area contributed by atoms with Crippen LogP contribution in [-0.4, -0.2) is 58.7 Å². The van der Waals surface area contributed by atoms with Gasteiger partial charge >= 0.3 is 0 Å². The Bertz CT molecular complexity index is 781. The summed E-state index contributed by atoms with van der Waals surface area (Å²) in [4.78, 5) is 45.9. The van der Waals surface area contributed by atoms with E-state index in [0.717, 1.165) is 45.1 Å². The Labute approximate surface area is 175 Å². The molecule has 4 rings (SSSR count). The Morgan fingerprint density at radius 2 is 1.52 bits per heavy atom. The molecule has 0 bridgehead atoms. The number of piperidine rings is 2. The van der Waals surface area contributed by atoms with Gasteiger partial charge in [-0.1, -0.05) is 11.6 Å². The zero-order valence-corrected chi connectivity index (χ0v) is 17.2. The van der Waals surface area contributed by atoms with Gasteiger partial charge in [0.2, 0.25) is 17.7 Å². The molecule has 2 atom stereocenters. The summed E-state index contributed by atoms with van der Waals surface area (Å²) >= 11 is 5.83. The fourth-order valence-electron chi connectivity index (χ4n) is 4.29. The van der Waals surface area contributed by atoms with Crippen molar-refractivity contribution in [3.63, 3.8) is 0 Å². The van der Waals surface area contributed by atoms with E-state index in [-0.39, 0.29) is 35.5 Å². The predicted molar refractivity (Wildman–Crippen MR) is 109 cm³/mol. The second-order valence-corrected chi connectivity index (χ2v) is 8.81. The number of amides is 3. The largest absolute Gasteiger partial charge is 0.342 e. The van der Waals surface area contributed by atoms with Crippen molar-refractivity contribution in [3.05, 3.63) is 23.4 Å². The molecule has 0 radical (unpaired) electrons. The van der Waals surface area contributed by atoms with Crippen LogP contribution in [-0.2, 0) is 14.4 Å². The summed E-state index contributed by atoms with van der Waals surface area (Å²) in [5.41, 5.74) is 0. The molecular formula is C21H27ClN4O3. The summed E-state index contributed by atoms with van der Waals surface area (Å²) in [6.07, 6.45) is 6.70. The molecule has 1 N–H and O–H groups in total. The number of nitrogens with zero attached hydrogens (tertiary/aromatic N) is 3. The minimum atomic E-state index is -0.252. The van der Waals surface area contributed by atoms with E-state index in [1.807, 2.05) is 9.80 Å². The summed E-state index contributed by atoms with van der Waals surface area (Å²) in [6, 6.07) is 3.35. The molecule has 1 saturated carbocycles. The lowest BCUT2D eigenvalue weighted by Crippen LogP contribution is -2.50. The average molecular weight is 419 g/mol. The molecule has 1 aromatic heterocycles. The van der Waals surface area contributed by atoms with Crippen LogP contribution in [0.15, 0.2) is 18.3 Å². The van der Waals surface area contributed by atoms with Gasteiger partial charge in [0.1, 0.15) is 5.82 Å². The second-order valence-electron chi connectivity index (χ2n) is 8.37. The maximum absolute atomic E-state index is 13.1. The lowest BCUT2D eigenvalue weighted by atomic mass is 9.92. The van der Waals surface area contributed by atoms with Crippen LogP contribution in [0.25, 0.3) is 0 Å². The van der Waals surface area contributed by atoms with Crippen molar-refractivity contribution >= 4 is 35.1 Å². The second kappa shape index (κ2) is 8.69. The van der Waals surface area contributed by atoms with Crippen molar-refractivity contribution in [3.8, 4) is 0 Å². The lowest BCUT2D eigenvalue weighted by molar-refractivity contribution is -0.143. The Morgan fingerprint density at radius 1 is 0.897 bits per heavy atom. The molecule has 3 fully saturated rings. The first-order valence-electron chi connectivity index (χ1n) is 10.5. The molecule has 1 aliphatic carbocycles. The summed E-state index contributed by atoms with van der Waals surface area (Å²) < 4.78 is 0. The van der Waals surface area contributed by atoms with E-state index in [9.17, 15) is 14.4 Å². The van der Waals surface area contributed by atoms with Gasteiger partial charge in [-0.2, -0.15) is 0 Å². The number of carbonyl (C=O) groups excluding carboxylic acids is 3. The van der Waals surface area contributed by atoms with E-state index in [0.29, 0.717) is 30.5 Å². The van der Waals surface area contributed by atoms with Gasteiger partial charge < -0.3 is 15.1 Å². The van der Waals surface area contributed by atoms with Gasteiger partial charge in [-0.3, -0.25) is 14.4 Å².